The number of amides is 1. The molecule has 2 bridgehead atoms. The van der Waals surface area contributed by atoms with Crippen LogP contribution in [0, 0.1) is 105 Å². The third-order valence-electron chi connectivity index (χ3n) is 12.6. The van der Waals surface area contributed by atoms with Crippen LogP contribution >= 0.6 is 0 Å². The van der Waals surface area contributed by atoms with Gasteiger partial charge < -0.3 is 49.5 Å². The summed E-state index contributed by atoms with van der Waals surface area (Å²) in [6.45, 7) is 5.66. The number of hydrogen-bond donors (Lipinski definition) is 6. The number of Topliss-reactive ketones (excluding diaryl/α,β-unsaturated/α-hetero) is 1. The molecule has 4 aliphatic rings. The summed E-state index contributed by atoms with van der Waals surface area (Å²) in [5.41, 5.74) is -7.33. The van der Waals surface area contributed by atoms with Gasteiger partial charge in [-0.15, -0.1) is 0 Å². The zero-order chi connectivity index (χ0) is 39.7. The van der Waals surface area contributed by atoms with E-state index >= 15 is 0 Å². The summed E-state index contributed by atoms with van der Waals surface area (Å²) in [6, 6.07) is 17.5. The van der Waals surface area contributed by atoms with E-state index in [1.54, 1.807) is 62.4 Å². The fourth-order valence-electron chi connectivity index (χ4n) is 9.31. The smallest absolute Gasteiger partial charge is 0.338 e. The second-order valence-electron chi connectivity index (χ2n) is 15.8. The van der Waals surface area contributed by atoms with Crippen LogP contribution in [0.5, 0.6) is 0 Å². The molecule has 3 fully saturated rings. The summed E-state index contributed by atoms with van der Waals surface area (Å²) in [5.74, 6) is -5.17. The van der Waals surface area contributed by atoms with Gasteiger partial charge in [0.25, 0.3) is 5.91 Å². The Labute approximate surface area is 400 Å². The van der Waals surface area contributed by atoms with Crippen molar-refractivity contribution in [1.82, 2.24) is 5.32 Å². The normalized spacial score (nSPS) is 33.5. The Balaban J connectivity index is 0.00000310. The van der Waals surface area contributed by atoms with Crippen molar-refractivity contribution in [2.45, 2.75) is 94.4 Å². The summed E-state index contributed by atoms with van der Waals surface area (Å²) in [7, 11) is 0. The molecule has 9 unspecified atom stereocenters. The first-order valence-electron chi connectivity index (χ1n) is 18.2. The van der Waals surface area contributed by atoms with E-state index in [1.807, 2.05) is 0 Å². The molecule has 14 nitrogen and oxygen atoms in total. The summed E-state index contributed by atoms with van der Waals surface area (Å²) >= 11 is 0. The second-order valence-corrected chi connectivity index (χ2v) is 15.8. The van der Waals surface area contributed by atoms with Crippen molar-refractivity contribution < 1.29 is 151 Å². The second kappa shape index (κ2) is 17.3. The van der Waals surface area contributed by atoms with Gasteiger partial charge in [0, 0.05) is 118 Å². The maximum atomic E-state index is 14.7. The van der Waals surface area contributed by atoms with E-state index in [0.29, 0.717) is 0 Å². The van der Waals surface area contributed by atoms with Gasteiger partial charge in [-0.25, -0.2) is 9.59 Å². The van der Waals surface area contributed by atoms with Crippen molar-refractivity contribution in [3.63, 3.8) is 0 Å². The van der Waals surface area contributed by atoms with E-state index in [9.17, 15) is 44.7 Å². The number of ketones is 1. The molecule has 7 rings (SSSR count). The number of benzene rings is 2. The van der Waals surface area contributed by atoms with E-state index in [4.69, 9.17) is 18.6 Å². The molecule has 57 heavy (non-hydrogen) atoms. The molecule has 2 heterocycles. The SMILES string of the molecule is CC1=C2C(O)C(=O)[C@]3(C)C(O)CC4OC[C@@]4(O)C3C(OC(=O)c3ccccc3)C(O)(CC1OC(=O)C(O)C(NC(=O)c1ccccc1)c1ccco1)C2(C)C.[Ac].[Ac]. The first kappa shape index (κ1) is 46.3. The van der Waals surface area contributed by atoms with Gasteiger partial charge in [0.2, 0.25) is 0 Å². The van der Waals surface area contributed by atoms with Crippen LogP contribution in [0.25, 0.3) is 0 Å². The molecule has 3 aromatic rings. The number of carbonyl (C=O) groups is 4. The molecule has 16 heteroatoms. The zero-order valence-corrected chi connectivity index (χ0v) is 41.4. The molecule has 1 saturated heterocycles. The summed E-state index contributed by atoms with van der Waals surface area (Å²) in [4.78, 5) is 55.7. The molecule has 2 aromatic carbocycles. The van der Waals surface area contributed by atoms with E-state index in [1.165, 1.54) is 44.4 Å². The predicted octanol–water partition coefficient (Wildman–Crippen LogP) is 2.19. The number of nitrogens with one attached hydrogen (secondary N) is 1. The van der Waals surface area contributed by atoms with Gasteiger partial charge in [-0.1, -0.05) is 50.2 Å². The predicted molar refractivity (Wildman–Crippen MR) is 191 cm³/mol. The van der Waals surface area contributed by atoms with Crippen LogP contribution in [0.4, 0.5) is 0 Å². The van der Waals surface area contributed by atoms with Gasteiger partial charge in [-0.05, 0) is 61.4 Å². The van der Waals surface area contributed by atoms with Crippen LogP contribution in [0.3, 0.4) is 0 Å². The Morgan fingerprint density at radius 2 is 1.51 bits per heavy atom. The van der Waals surface area contributed by atoms with E-state index < -0.39 is 101 Å². The number of ether oxygens (including phenoxy) is 3. The van der Waals surface area contributed by atoms with Gasteiger partial charge in [0.15, 0.2) is 11.9 Å². The van der Waals surface area contributed by atoms with E-state index in [0.717, 1.165) is 0 Å². The Bertz CT molecular complexity index is 2010. The number of rotatable bonds is 8. The van der Waals surface area contributed by atoms with Crippen molar-refractivity contribution in [1.29, 1.82) is 0 Å². The Kier molecular flexibility index (Phi) is 14.0. The van der Waals surface area contributed by atoms with Crippen LogP contribution < -0.4 is 5.32 Å². The molecule has 11 atom stereocenters. The molecule has 298 valence electrons. The molecular weight excluding hydrogens is 1170 g/mol. The maximum Gasteiger partial charge on any atom is 0.338 e. The number of carbonyl (C=O) groups excluding carboxylic acids is 4. The van der Waals surface area contributed by atoms with Crippen LogP contribution in [0.2, 0.25) is 0 Å². The van der Waals surface area contributed by atoms with Gasteiger partial charge in [-0.3, -0.25) is 9.59 Å². The largest absolute Gasteiger partial charge is 0.467 e. The van der Waals surface area contributed by atoms with Crippen LogP contribution in [0.15, 0.2) is 94.6 Å². The molecular formula is C41H45Ac2NO13. The minimum absolute atomic E-state index is 0. The minimum Gasteiger partial charge on any atom is -0.467 e. The standard InChI is InChI=1S/C41H45NO13.2Ac/c1-21-25(54-37(49)31(45)29(24-16-11-17-52-24)42-35(47)22-12-7-5-8-13-22)19-41(51)34(55-36(48)23-14-9-6-10-15-23)32-39(4,26(43)18-27-40(32,50)20-53-27)33(46)30(44)28(21)38(41,2)3;;/h5-17,25-27,29-32,34,43-45,50-51H,18-20H2,1-4H3,(H,42,47);;/t25?,26?,27?,29?,30?,31?,32?,34?,39-,40+,41?;;/m1../s1. The molecule has 1 amide bonds. The Morgan fingerprint density at radius 3 is 2.07 bits per heavy atom. The van der Waals surface area contributed by atoms with Crippen molar-refractivity contribution >= 4 is 23.6 Å². The fourth-order valence-corrected chi connectivity index (χ4v) is 9.31. The molecule has 3 aliphatic carbocycles. The third-order valence-corrected chi connectivity index (χ3v) is 12.6. The van der Waals surface area contributed by atoms with Crippen molar-refractivity contribution in [3.05, 3.63) is 107 Å². The minimum atomic E-state index is -2.31. The first-order valence-corrected chi connectivity index (χ1v) is 18.2. The topological polar surface area (TPSA) is 222 Å². The van der Waals surface area contributed by atoms with Crippen molar-refractivity contribution in [2.24, 2.45) is 16.7 Å². The van der Waals surface area contributed by atoms with E-state index in [-0.39, 0.29) is 129 Å². The molecule has 0 spiro atoms. The number of aliphatic hydroxyl groups excluding tert-OH is 3. The molecule has 1 aromatic heterocycles. The number of hydrogen-bond acceptors (Lipinski definition) is 13. The fraction of sp³-hybridized carbons (Fsp3) is 0.463. The van der Waals surface area contributed by atoms with Crippen LogP contribution in [-0.4, -0.2) is 104 Å². The average Bonchev–Trinajstić information content (AvgIpc) is 3.71. The van der Waals surface area contributed by atoms with E-state index in [2.05, 4.69) is 5.32 Å². The third kappa shape index (κ3) is 7.62. The van der Waals surface area contributed by atoms with Crippen molar-refractivity contribution in [3.8, 4) is 0 Å². The number of esters is 2. The van der Waals surface area contributed by atoms with Gasteiger partial charge in [-0.2, -0.15) is 0 Å². The van der Waals surface area contributed by atoms with Crippen LogP contribution in [-0.2, 0) is 23.8 Å². The zero-order valence-electron chi connectivity index (χ0n) is 31.9. The van der Waals surface area contributed by atoms with Crippen LogP contribution in [0.1, 0.15) is 73.1 Å². The number of aliphatic hydroxyl groups is 5. The quantitative estimate of drug-likeness (QED) is 0.141. The number of furan rings is 1. The van der Waals surface area contributed by atoms with Gasteiger partial charge in [0.05, 0.1) is 36.1 Å². The van der Waals surface area contributed by atoms with Crippen molar-refractivity contribution in [2.75, 3.05) is 6.61 Å². The van der Waals surface area contributed by atoms with Gasteiger partial charge >= 0.3 is 11.9 Å². The molecule has 2 saturated carbocycles. The Hall–Kier alpha value is -1.82. The molecule has 2 radical (unpaired) electrons. The summed E-state index contributed by atoms with van der Waals surface area (Å²) in [5, 5.41) is 63.2. The maximum absolute atomic E-state index is 14.7. The first-order chi connectivity index (χ1) is 26.0. The summed E-state index contributed by atoms with van der Waals surface area (Å²) < 4.78 is 23.2. The molecule has 1 aliphatic heterocycles. The number of fused-ring (bicyclic) bond motifs is 5. The van der Waals surface area contributed by atoms with Gasteiger partial charge in [0.1, 0.15) is 41.3 Å². The average molecular weight is 1210 g/mol. The summed E-state index contributed by atoms with van der Waals surface area (Å²) in [6.07, 6.45) is -9.13. The Morgan fingerprint density at radius 1 is 0.895 bits per heavy atom. The molecule has 6 N–H and O–H groups in total. The monoisotopic (exact) mass is 1210 g/mol.